The summed E-state index contributed by atoms with van der Waals surface area (Å²) in [6.45, 7) is 0.542. The molecule has 1 aliphatic heterocycles. The van der Waals surface area contributed by atoms with Gasteiger partial charge in [-0.15, -0.1) is 0 Å². The average molecular weight is 451 g/mol. The Morgan fingerprint density at radius 1 is 0.606 bits per heavy atom. The lowest BCUT2D eigenvalue weighted by atomic mass is 9.98. The predicted molar refractivity (Wildman–Crippen MR) is 123 cm³/mol. The smallest absolute Gasteiger partial charge is 0.187 e. The molecule has 1 heterocycles. The van der Waals surface area contributed by atoms with E-state index in [1.165, 1.54) is 0 Å². The van der Waals surface area contributed by atoms with Crippen LogP contribution in [-0.2, 0) is 38.8 Å². The SMILES string of the molecule is OCC1O[C@@H](OCc2ccccc2)C(OCc2ccccc2)C(O)[C@@H]1OCc1ccccc1. The zero-order valence-electron chi connectivity index (χ0n) is 18.4. The highest BCUT2D eigenvalue weighted by Gasteiger charge is 2.47. The van der Waals surface area contributed by atoms with E-state index < -0.39 is 30.7 Å². The molecule has 0 saturated carbocycles. The second-order valence-electron chi connectivity index (χ2n) is 8.04. The first-order chi connectivity index (χ1) is 16.2. The Balaban J connectivity index is 1.48. The van der Waals surface area contributed by atoms with Crippen LogP contribution in [0.5, 0.6) is 0 Å². The van der Waals surface area contributed by atoms with Crippen LogP contribution in [0.2, 0.25) is 0 Å². The summed E-state index contributed by atoms with van der Waals surface area (Å²) < 4.78 is 24.2. The van der Waals surface area contributed by atoms with Crippen LogP contribution in [0.1, 0.15) is 16.7 Å². The maximum absolute atomic E-state index is 11.2. The Morgan fingerprint density at radius 3 is 1.48 bits per heavy atom. The van der Waals surface area contributed by atoms with E-state index >= 15 is 0 Å². The molecule has 6 heteroatoms. The van der Waals surface area contributed by atoms with E-state index in [9.17, 15) is 10.2 Å². The fraction of sp³-hybridized carbons (Fsp3) is 0.333. The topological polar surface area (TPSA) is 77.4 Å². The van der Waals surface area contributed by atoms with Gasteiger partial charge < -0.3 is 29.2 Å². The minimum atomic E-state index is -1.05. The second-order valence-corrected chi connectivity index (χ2v) is 8.04. The van der Waals surface area contributed by atoms with Crippen molar-refractivity contribution in [2.75, 3.05) is 6.61 Å². The third-order valence-corrected chi connectivity index (χ3v) is 5.62. The number of ether oxygens (including phenoxy) is 4. The summed E-state index contributed by atoms with van der Waals surface area (Å²) in [6.07, 6.45) is -4.23. The number of hydrogen-bond acceptors (Lipinski definition) is 6. The van der Waals surface area contributed by atoms with E-state index in [0.717, 1.165) is 16.7 Å². The monoisotopic (exact) mass is 450 g/mol. The van der Waals surface area contributed by atoms with E-state index in [0.29, 0.717) is 0 Å². The molecule has 0 bridgehead atoms. The van der Waals surface area contributed by atoms with E-state index in [4.69, 9.17) is 18.9 Å². The lowest BCUT2D eigenvalue weighted by Gasteiger charge is -2.43. The molecule has 174 valence electrons. The van der Waals surface area contributed by atoms with Gasteiger partial charge in [-0.25, -0.2) is 0 Å². The maximum atomic E-state index is 11.2. The quantitative estimate of drug-likeness (QED) is 0.493. The van der Waals surface area contributed by atoms with E-state index in [-0.39, 0.29) is 26.4 Å². The van der Waals surface area contributed by atoms with Crippen molar-refractivity contribution >= 4 is 0 Å². The van der Waals surface area contributed by atoms with Crippen LogP contribution in [0, 0.1) is 0 Å². The van der Waals surface area contributed by atoms with Crippen LogP contribution in [0.4, 0.5) is 0 Å². The molecule has 6 nitrogen and oxygen atoms in total. The van der Waals surface area contributed by atoms with Crippen molar-refractivity contribution in [3.8, 4) is 0 Å². The summed E-state index contributed by atoms with van der Waals surface area (Å²) in [5, 5.41) is 21.2. The van der Waals surface area contributed by atoms with Crippen molar-refractivity contribution in [1.82, 2.24) is 0 Å². The van der Waals surface area contributed by atoms with E-state index in [1.807, 2.05) is 91.0 Å². The Kier molecular flexibility index (Phi) is 8.60. The molecular weight excluding hydrogens is 420 g/mol. The van der Waals surface area contributed by atoms with Crippen LogP contribution >= 0.6 is 0 Å². The van der Waals surface area contributed by atoms with E-state index in [1.54, 1.807) is 0 Å². The molecule has 33 heavy (non-hydrogen) atoms. The van der Waals surface area contributed by atoms with Gasteiger partial charge in [-0.3, -0.25) is 0 Å². The fourth-order valence-corrected chi connectivity index (χ4v) is 3.85. The summed E-state index contributed by atoms with van der Waals surface area (Å²) in [7, 11) is 0. The molecule has 0 aromatic heterocycles. The van der Waals surface area contributed by atoms with Gasteiger partial charge in [0.2, 0.25) is 0 Å². The standard InChI is InChI=1S/C27H30O6/c28-16-23-25(30-17-20-10-4-1-5-11-20)24(29)26(31-18-21-12-6-2-7-13-21)27(33-23)32-19-22-14-8-3-9-15-22/h1-15,23-29H,16-19H2/t23?,24?,25-,26?,27-/m1/s1. The number of aliphatic hydroxyl groups is 2. The fourth-order valence-electron chi connectivity index (χ4n) is 3.85. The zero-order valence-corrected chi connectivity index (χ0v) is 18.4. The largest absolute Gasteiger partial charge is 0.394 e. The molecule has 3 aromatic rings. The van der Waals surface area contributed by atoms with Crippen molar-refractivity contribution in [2.24, 2.45) is 0 Å². The van der Waals surface area contributed by atoms with Crippen LogP contribution in [-0.4, -0.2) is 47.5 Å². The first-order valence-electron chi connectivity index (χ1n) is 11.2. The summed E-state index contributed by atoms with van der Waals surface area (Å²) in [5.74, 6) is 0. The molecule has 3 unspecified atom stereocenters. The third-order valence-electron chi connectivity index (χ3n) is 5.62. The molecule has 3 aromatic carbocycles. The highest BCUT2D eigenvalue weighted by molar-refractivity contribution is 5.15. The highest BCUT2D eigenvalue weighted by atomic mass is 16.7. The minimum absolute atomic E-state index is 0.281. The summed E-state index contributed by atoms with van der Waals surface area (Å²) in [6, 6.07) is 29.1. The molecule has 2 N–H and O–H groups in total. The molecule has 1 fully saturated rings. The van der Waals surface area contributed by atoms with Crippen molar-refractivity contribution in [2.45, 2.75) is 50.5 Å². The summed E-state index contributed by atoms with van der Waals surface area (Å²) in [4.78, 5) is 0. The Bertz CT molecular complexity index is 937. The first-order valence-corrected chi connectivity index (χ1v) is 11.2. The van der Waals surface area contributed by atoms with Crippen molar-refractivity contribution in [3.63, 3.8) is 0 Å². The van der Waals surface area contributed by atoms with Crippen LogP contribution in [0.3, 0.4) is 0 Å². The summed E-state index contributed by atoms with van der Waals surface area (Å²) in [5.41, 5.74) is 2.91. The van der Waals surface area contributed by atoms with Gasteiger partial charge in [0, 0.05) is 0 Å². The molecule has 1 saturated heterocycles. The Labute approximate surface area is 194 Å². The van der Waals surface area contributed by atoms with Gasteiger partial charge in [-0.05, 0) is 16.7 Å². The normalized spacial score (nSPS) is 25.1. The predicted octanol–water partition coefficient (Wildman–Crippen LogP) is 3.45. The first kappa shape index (κ1) is 23.6. The van der Waals surface area contributed by atoms with Gasteiger partial charge >= 0.3 is 0 Å². The number of rotatable bonds is 10. The van der Waals surface area contributed by atoms with Gasteiger partial charge in [0.15, 0.2) is 6.29 Å². The van der Waals surface area contributed by atoms with E-state index in [2.05, 4.69) is 0 Å². The maximum Gasteiger partial charge on any atom is 0.187 e. The third kappa shape index (κ3) is 6.48. The average Bonchev–Trinajstić information content (AvgIpc) is 2.88. The molecule has 0 aliphatic carbocycles. The van der Waals surface area contributed by atoms with Gasteiger partial charge in [0.25, 0.3) is 0 Å². The minimum Gasteiger partial charge on any atom is -0.394 e. The summed E-state index contributed by atoms with van der Waals surface area (Å²) >= 11 is 0. The molecule has 0 radical (unpaired) electrons. The van der Waals surface area contributed by atoms with Crippen molar-refractivity contribution in [1.29, 1.82) is 0 Å². The molecule has 5 atom stereocenters. The molecule has 4 rings (SSSR count). The van der Waals surface area contributed by atoms with Crippen molar-refractivity contribution in [3.05, 3.63) is 108 Å². The Hall–Kier alpha value is -2.58. The second kappa shape index (κ2) is 12.0. The van der Waals surface area contributed by atoms with Gasteiger partial charge in [-0.1, -0.05) is 91.0 Å². The zero-order chi connectivity index (χ0) is 22.9. The molecular formula is C27H30O6. The molecule has 1 aliphatic rings. The number of benzene rings is 3. The van der Waals surface area contributed by atoms with Crippen LogP contribution in [0.25, 0.3) is 0 Å². The van der Waals surface area contributed by atoms with Gasteiger partial charge in [0.05, 0.1) is 26.4 Å². The number of hydrogen-bond donors (Lipinski definition) is 2. The Morgan fingerprint density at radius 2 is 1.03 bits per heavy atom. The van der Waals surface area contributed by atoms with Crippen molar-refractivity contribution < 1.29 is 29.2 Å². The van der Waals surface area contributed by atoms with Crippen LogP contribution in [0.15, 0.2) is 91.0 Å². The van der Waals surface area contributed by atoms with Gasteiger partial charge in [0.1, 0.15) is 24.4 Å². The van der Waals surface area contributed by atoms with Gasteiger partial charge in [-0.2, -0.15) is 0 Å². The lowest BCUT2D eigenvalue weighted by Crippen LogP contribution is -2.60. The highest BCUT2D eigenvalue weighted by Crippen LogP contribution is 2.28. The van der Waals surface area contributed by atoms with Crippen LogP contribution < -0.4 is 0 Å². The molecule has 0 amide bonds. The molecule has 0 spiro atoms. The lowest BCUT2D eigenvalue weighted by molar-refractivity contribution is -0.321. The number of aliphatic hydroxyl groups excluding tert-OH is 2.